The van der Waals surface area contributed by atoms with Crippen LogP contribution >= 0.6 is 0 Å². The quantitative estimate of drug-likeness (QED) is 0.241. The molecule has 1 heterocycles. The topological polar surface area (TPSA) is 83.4 Å². The average Bonchev–Trinajstić information content (AvgIpc) is 3.56. The van der Waals surface area contributed by atoms with E-state index in [1.54, 1.807) is 14.2 Å². The monoisotopic (exact) mass is 593 g/mol. The molecule has 0 saturated heterocycles. The molecule has 7 nitrogen and oxygen atoms in total. The van der Waals surface area contributed by atoms with Gasteiger partial charge in [0.05, 0.1) is 14.2 Å². The molecule has 0 spiro atoms. The van der Waals surface area contributed by atoms with Gasteiger partial charge in [0.15, 0.2) is 17.3 Å². The van der Waals surface area contributed by atoms with Gasteiger partial charge in [-0.05, 0) is 74.3 Å². The summed E-state index contributed by atoms with van der Waals surface area (Å²) < 4.78 is 23.4. The normalized spacial score (nSPS) is 21.8. The molecule has 1 saturated carbocycles. The van der Waals surface area contributed by atoms with E-state index in [-0.39, 0.29) is 23.8 Å². The zero-order valence-corrected chi connectivity index (χ0v) is 25.6. The third-order valence-corrected chi connectivity index (χ3v) is 9.10. The summed E-state index contributed by atoms with van der Waals surface area (Å²) in [5.74, 6) is 0.241. The van der Waals surface area contributed by atoms with Crippen molar-refractivity contribution < 1.29 is 28.5 Å². The van der Waals surface area contributed by atoms with Crippen LogP contribution in [0.2, 0.25) is 0 Å². The number of benzene rings is 3. The highest BCUT2D eigenvalue weighted by Crippen LogP contribution is 2.49. The molecule has 3 aromatic carbocycles. The van der Waals surface area contributed by atoms with Gasteiger partial charge in [-0.2, -0.15) is 0 Å². The molecule has 3 aliphatic rings. The number of nitrogens with zero attached hydrogens (tertiary/aromatic N) is 1. The third-order valence-electron chi connectivity index (χ3n) is 9.10. The van der Waals surface area contributed by atoms with E-state index in [0.717, 1.165) is 48.1 Å². The summed E-state index contributed by atoms with van der Waals surface area (Å²) in [7, 11) is 3.21. The molecule has 6 rings (SSSR count). The van der Waals surface area contributed by atoms with Crippen molar-refractivity contribution in [2.75, 3.05) is 14.2 Å². The second-order valence-electron chi connectivity index (χ2n) is 11.9. The van der Waals surface area contributed by atoms with Crippen molar-refractivity contribution in [1.29, 1.82) is 0 Å². The number of esters is 1. The standard InChI is InChI=1S/C37H39NO6/c1-23-34(37(40)44-27-13-7-8-14-27)35(28-15-9-10-16-31(28)43-22-24-11-5-4-6-12-24)36-29(38-23)19-26(20-30(36)39)25-17-18-32(41-2)33(21-25)42-3/h4-6,9-12,15-18,21,26-27,34-35H,7-8,13-14,19-20,22H2,1-3H3/t26-,34?,35-/m0/s1. The lowest BCUT2D eigenvalue weighted by Gasteiger charge is -2.37. The number of para-hydroxylation sites is 1. The van der Waals surface area contributed by atoms with E-state index in [2.05, 4.69) is 0 Å². The number of rotatable bonds is 9. The number of aliphatic imine (C=N–C) groups is 1. The van der Waals surface area contributed by atoms with Gasteiger partial charge in [0, 0.05) is 34.9 Å². The van der Waals surface area contributed by atoms with Gasteiger partial charge >= 0.3 is 5.97 Å². The summed E-state index contributed by atoms with van der Waals surface area (Å²) in [6.07, 6.45) is 4.64. The van der Waals surface area contributed by atoms with Gasteiger partial charge < -0.3 is 18.9 Å². The first kappa shape index (κ1) is 29.7. The maximum absolute atomic E-state index is 14.2. The van der Waals surface area contributed by atoms with Gasteiger partial charge in [0.25, 0.3) is 0 Å². The Morgan fingerprint density at radius 2 is 1.59 bits per heavy atom. The summed E-state index contributed by atoms with van der Waals surface area (Å²) in [5, 5.41) is 0. The molecule has 0 aromatic heterocycles. The molecule has 0 N–H and O–H groups in total. The molecule has 3 atom stereocenters. The number of hydrogen-bond donors (Lipinski definition) is 0. The fourth-order valence-electron chi connectivity index (χ4n) is 6.89. The minimum Gasteiger partial charge on any atom is -0.493 e. The van der Waals surface area contributed by atoms with Gasteiger partial charge in [-0.15, -0.1) is 0 Å². The number of ether oxygens (including phenoxy) is 4. The molecule has 7 heteroatoms. The molecular formula is C37H39NO6. The highest BCUT2D eigenvalue weighted by atomic mass is 16.5. The van der Waals surface area contributed by atoms with E-state index in [0.29, 0.717) is 48.0 Å². The van der Waals surface area contributed by atoms with Crippen molar-refractivity contribution in [1.82, 2.24) is 0 Å². The van der Waals surface area contributed by atoms with Crippen LogP contribution in [-0.4, -0.2) is 37.8 Å². The van der Waals surface area contributed by atoms with Crippen LogP contribution in [0.3, 0.4) is 0 Å². The molecule has 2 aliphatic carbocycles. The van der Waals surface area contributed by atoms with Crippen LogP contribution in [-0.2, 0) is 20.9 Å². The summed E-state index contributed by atoms with van der Waals surface area (Å²) in [6.45, 7) is 2.26. The lowest BCUT2D eigenvalue weighted by Crippen LogP contribution is -2.39. The summed E-state index contributed by atoms with van der Waals surface area (Å²) in [6, 6.07) is 23.5. The molecule has 0 radical (unpaired) electrons. The SMILES string of the molecule is COc1ccc([C@@H]2CC(=O)C3=C(C2)N=C(C)C(C(=O)OC2CCCC2)[C@@H]3c2ccccc2OCc2ccccc2)cc1OC. The minimum absolute atomic E-state index is 0.0104. The highest BCUT2D eigenvalue weighted by molar-refractivity contribution is 6.09. The Hall–Kier alpha value is -4.39. The highest BCUT2D eigenvalue weighted by Gasteiger charge is 2.46. The van der Waals surface area contributed by atoms with Crippen LogP contribution in [0.1, 0.15) is 74.0 Å². The molecule has 1 fully saturated rings. The number of ketones is 1. The van der Waals surface area contributed by atoms with Crippen molar-refractivity contribution in [3.63, 3.8) is 0 Å². The van der Waals surface area contributed by atoms with Crippen LogP contribution in [0, 0.1) is 5.92 Å². The van der Waals surface area contributed by atoms with Crippen molar-refractivity contribution in [2.24, 2.45) is 10.9 Å². The van der Waals surface area contributed by atoms with Gasteiger partial charge in [0.1, 0.15) is 24.4 Å². The van der Waals surface area contributed by atoms with Crippen molar-refractivity contribution in [3.05, 3.63) is 101 Å². The Labute approximate surface area is 258 Å². The predicted molar refractivity (Wildman–Crippen MR) is 168 cm³/mol. The Morgan fingerprint density at radius 3 is 2.34 bits per heavy atom. The number of carbonyl (C=O) groups excluding carboxylic acids is 2. The van der Waals surface area contributed by atoms with E-state index in [1.165, 1.54) is 0 Å². The van der Waals surface area contributed by atoms with Crippen molar-refractivity contribution in [3.8, 4) is 17.2 Å². The minimum atomic E-state index is -0.711. The molecular weight excluding hydrogens is 554 g/mol. The maximum Gasteiger partial charge on any atom is 0.315 e. The Morgan fingerprint density at radius 1 is 0.864 bits per heavy atom. The Bertz CT molecular complexity index is 1590. The number of Topliss-reactive ketones (excluding diaryl/α,β-unsaturated/α-hetero) is 1. The lowest BCUT2D eigenvalue weighted by atomic mass is 9.69. The molecule has 228 valence electrons. The largest absolute Gasteiger partial charge is 0.493 e. The van der Waals surface area contributed by atoms with Gasteiger partial charge in [-0.3, -0.25) is 14.6 Å². The first-order chi connectivity index (χ1) is 21.5. The van der Waals surface area contributed by atoms with Gasteiger partial charge in [0.2, 0.25) is 0 Å². The molecule has 0 amide bonds. The predicted octanol–water partition coefficient (Wildman–Crippen LogP) is 7.34. The zero-order chi connectivity index (χ0) is 30.6. The van der Waals surface area contributed by atoms with Crippen LogP contribution in [0.15, 0.2) is 89.1 Å². The molecule has 44 heavy (non-hydrogen) atoms. The summed E-state index contributed by atoms with van der Waals surface area (Å²) in [5.41, 5.74) is 4.81. The van der Waals surface area contributed by atoms with E-state index in [1.807, 2.05) is 79.7 Å². The summed E-state index contributed by atoms with van der Waals surface area (Å²) >= 11 is 0. The van der Waals surface area contributed by atoms with Crippen molar-refractivity contribution >= 4 is 17.5 Å². The fraction of sp³-hybridized carbons (Fsp3) is 0.378. The maximum atomic E-state index is 14.2. The Balaban J connectivity index is 1.39. The fourth-order valence-corrected chi connectivity index (χ4v) is 6.89. The molecule has 0 bridgehead atoms. The van der Waals surface area contributed by atoms with Crippen LogP contribution in [0.4, 0.5) is 0 Å². The zero-order valence-electron chi connectivity index (χ0n) is 25.6. The van der Waals surface area contributed by atoms with Crippen molar-refractivity contribution in [2.45, 2.75) is 70.0 Å². The smallest absolute Gasteiger partial charge is 0.315 e. The Kier molecular flexibility index (Phi) is 8.82. The van der Waals surface area contributed by atoms with E-state index in [4.69, 9.17) is 23.9 Å². The van der Waals surface area contributed by atoms with E-state index >= 15 is 0 Å². The molecule has 1 unspecified atom stereocenters. The van der Waals surface area contributed by atoms with Crippen LogP contribution in [0.5, 0.6) is 17.2 Å². The van der Waals surface area contributed by atoms with Gasteiger partial charge in [-0.1, -0.05) is 54.6 Å². The second kappa shape index (κ2) is 13.1. The molecule has 3 aromatic rings. The number of methoxy groups -OCH3 is 2. The van der Waals surface area contributed by atoms with E-state index in [9.17, 15) is 9.59 Å². The third kappa shape index (κ3) is 6.01. The number of carbonyl (C=O) groups is 2. The van der Waals surface area contributed by atoms with E-state index < -0.39 is 11.8 Å². The average molecular weight is 594 g/mol. The number of hydrogen-bond acceptors (Lipinski definition) is 7. The van der Waals surface area contributed by atoms with Crippen LogP contribution in [0.25, 0.3) is 0 Å². The van der Waals surface area contributed by atoms with Crippen LogP contribution < -0.4 is 14.2 Å². The first-order valence-corrected chi connectivity index (χ1v) is 15.5. The number of allylic oxidation sites excluding steroid dienone is 2. The first-order valence-electron chi connectivity index (χ1n) is 15.5. The lowest BCUT2D eigenvalue weighted by molar-refractivity contribution is -0.151. The second-order valence-corrected chi connectivity index (χ2v) is 11.9. The van der Waals surface area contributed by atoms with Gasteiger partial charge in [-0.25, -0.2) is 0 Å². The molecule has 1 aliphatic heterocycles. The summed E-state index contributed by atoms with van der Waals surface area (Å²) in [4.78, 5) is 33.1.